The number of halogens is 2. The van der Waals surface area contributed by atoms with Crippen molar-refractivity contribution in [1.29, 1.82) is 5.26 Å². The monoisotopic (exact) mass is 383 g/mol. The third kappa shape index (κ3) is 3.48. The van der Waals surface area contributed by atoms with E-state index in [4.69, 9.17) is 16.9 Å². The van der Waals surface area contributed by atoms with Gasteiger partial charge >= 0.3 is 0 Å². The molecule has 0 saturated carbocycles. The van der Waals surface area contributed by atoms with Crippen molar-refractivity contribution in [3.8, 4) is 17.2 Å². The van der Waals surface area contributed by atoms with Gasteiger partial charge in [0.25, 0.3) is 0 Å². The molecule has 2 fully saturated rings. The molecule has 2 aliphatic heterocycles. The topological polar surface area (TPSA) is 39.1 Å². The SMILES string of the molecule is N#Cc1ccc(-c2cccc(CN3CCCC34CCCNC4)c2Cl)cc1F. The van der Waals surface area contributed by atoms with Crippen LogP contribution in [0.5, 0.6) is 0 Å². The molecule has 3 nitrogen and oxygen atoms in total. The van der Waals surface area contributed by atoms with Crippen LogP contribution in [0.15, 0.2) is 36.4 Å². The lowest BCUT2D eigenvalue weighted by Gasteiger charge is -2.42. The molecule has 4 rings (SSSR count). The van der Waals surface area contributed by atoms with Crippen LogP contribution in [0.2, 0.25) is 5.02 Å². The van der Waals surface area contributed by atoms with E-state index in [9.17, 15) is 4.39 Å². The molecule has 5 heteroatoms. The van der Waals surface area contributed by atoms with E-state index >= 15 is 0 Å². The first kappa shape index (κ1) is 18.4. The number of nitrogens with zero attached hydrogens (tertiary/aromatic N) is 2. The highest BCUT2D eigenvalue weighted by molar-refractivity contribution is 6.34. The summed E-state index contributed by atoms with van der Waals surface area (Å²) in [4.78, 5) is 2.57. The highest BCUT2D eigenvalue weighted by Gasteiger charge is 2.41. The summed E-state index contributed by atoms with van der Waals surface area (Å²) < 4.78 is 14.1. The van der Waals surface area contributed by atoms with Crippen molar-refractivity contribution in [3.63, 3.8) is 0 Å². The standard InChI is InChI=1S/C22H23ClFN3/c23-21-18(14-27-11-3-9-22(27)8-2-10-26-15-22)4-1-5-19(21)16-6-7-17(13-25)20(24)12-16/h1,4-7,12,26H,2-3,8-11,14-15H2. The molecule has 2 aromatic carbocycles. The van der Waals surface area contributed by atoms with E-state index in [2.05, 4.69) is 16.3 Å². The predicted molar refractivity (Wildman–Crippen MR) is 106 cm³/mol. The lowest BCUT2D eigenvalue weighted by Crippen LogP contribution is -2.53. The largest absolute Gasteiger partial charge is 0.315 e. The Hall–Kier alpha value is -1.93. The number of nitrogens with one attached hydrogen (secondary N) is 1. The van der Waals surface area contributed by atoms with Crippen LogP contribution >= 0.6 is 11.6 Å². The molecule has 0 amide bonds. The van der Waals surface area contributed by atoms with Crippen LogP contribution in [0.4, 0.5) is 4.39 Å². The second kappa shape index (κ2) is 7.59. The van der Waals surface area contributed by atoms with E-state index in [1.54, 1.807) is 6.07 Å². The number of piperidine rings is 1. The van der Waals surface area contributed by atoms with Crippen molar-refractivity contribution in [2.75, 3.05) is 19.6 Å². The Morgan fingerprint density at radius 3 is 2.81 bits per heavy atom. The molecule has 1 atom stereocenters. The molecule has 0 aromatic heterocycles. The molecule has 0 bridgehead atoms. The molecule has 0 aliphatic carbocycles. The van der Waals surface area contributed by atoms with Gasteiger partial charge in [0.05, 0.1) is 10.6 Å². The Bertz CT molecular complexity index is 884. The summed E-state index contributed by atoms with van der Waals surface area (Å²) in [5.41, 5.74) is 2.89. The van der Waals surface area contributed by atoms with Crippen LogP contribution < -0.4 is 5.32 Å². The maximum absolute atomic E-state index is 14.1. The van der Waals surface area contributed by atoms with Crippen molar-refractivity contribution in [3.05, 3.63) is 58.4 Å². The summed E-state index contributed by atoms with van der Waals surface area (Å²) in [5, 5.41) is 13.2. The lowest BCUT2D eigenvalue weighted by atomic mass is 9.87. The fourth-order valence-corrected chi connectivity index (χ4v) is 4.87. The fourth-order valence-electron chi connectivity index (χ4n) is 4.58. The minimum atomic E-state index is -0.511. The minimum absolute atomic E-state index is 0.0508. The van der Waals surface area contributed by atoms with Crippen molar-refractivity contribution in [2.45, 2.75) is 37.8 Å². The summed E-state index contributed by atoms with van der Waals surface area (Å²) in [6.45, 7) is 4.06. The number of rotatable bonds is 3. The van der Waals surface area contributed by atoms with Gasteiger partial charge in [-0.2, -0.15) is 5.26 Å². The van der Waals surface area contributed by atoms with Gasteiger partial charge in [0.1, 0.15) is 11.9 Å². The molecule has 2 aliphatic rings. The molecular weight excluding hydrogens is 361 g/mol. The highest BCUT2D eigenvalue weighted by Crippen LogP contribution is 2.38. The molecule has 140 valence electrons. The Labute approximate surface area is 164 Å². The van der Waals surface area contributed by atoms with Gasteiger partial charge in [-0.1, -0.05) is 35.9 Å². The van der Waals surface area contributed by atoms with Crippen molar-refractivity contribution in [2.24, 2.45) is 0 Å². The van der Waals surface area contributed by atoms with Crippen LogP contribution in [-0.4, -0.2) is 30.1 Å². The number of hydrogen-bond acceptors (Lipinski definition) is 3. The number of hydrogen-bond donors (Lipinski definition) is 1. The second-order valence-corrected chi connectivity index (χ2v) is 7.99. The Morgan fingerprint density at radius 1 is 1.22 bits per heavy atom. The summed E-state index contributed by atoms with van der Waals surface area (Å²) in [5.74, 6) is -0.511. The third-order valence-electron chi connectivity index (χ3n) is 6.03. The van der Waals surface area contributed by atoms with Crippen LogP contribution in [-0.2, 0) is 6.54 Å². The summed E-state index contributed by atoms with van der Waals surface area (Å²) >= 11 is 6.75. The van der Waals surface area contributed by atoms with Gasteiger partial charge in [-0.25, -0.2) is 4.39 Å². The molecule has 2 saturated heterocycles. The Kier molecular flexibility index (Phi) is 5.19. The normalized spacial score (nSPS) is 22.9. The van der Waals surface area contributed by atoms with Crippen LogP contribution in [0.3, 0.4) is 0 Å². The summed E-state index contributed by atoms with van der Waals surface area (Å²) in [7, 11) is 0. The summed E-state index contributed by atoms with van der Waals surface area (Å²) in [6, 6.07) is 12.5. The minimum Gasteiger partial charge on any atom is -0.315 e. The molecule has 2 heterocycles. The number of likely N-dealkylation sites (tertiary alicyclic amines) is 1. The van der Waals surface area contributed by atoms with E-state index in [-0.39, 0.29) is 11.1 Å². The molecule has 1 spiro atoms. The first-order valence-electron chi connectivity index (χ1n) is 9.56. The predicted octanol–water partition coefficient (Wildman–Crippen LogP) is 4.74. The van der Waals surface area contributed by atoms with Gasteiger partial charge in [-0.05, 0) is 62.0 Å². The Morgan fingerprint density at radius 2 is 2.07 bits per heavy atom. The van der Waals surface area contributed by atoms with E-state index in [1.165, 1.54) is 37.8 Å². The van der Waals surface area contributed by atoms with Crippen LogP contribution in [0.25, 0.3) is 11.1 Å². The van der Waals surface area contributed by atoms with E-state index in [0.717, 1.165) is 37.3 Å². The van der Waals surface area contributed by atoms with Gasteiger partial charge in [0.15, 0.2) is 0 Å². The van der Waals surface area contributed by atoms with Gasteiger partial charge < -0.3 is 5.32 Å². The van der Waals surface area contributed by atoms with Crippen molar-refractivity contribution in [1.82, 2.24) is 10.2 Å². The fraction of sp³-hybridized carbons (Fsp3) is 0.409. The lowest BCUT2D eigenvalue weighted by molar-refractivity contribution is 0.0982. The van der Waals surface area contributed by atoms with E-state index in [1.807, 2.05) is 18.2 Å². The van der Waals surface area contributed by atoms with Gasteiger partial charge in [-0.15, -0.1) is 0 Å². The molecule has 0 radical (unpaired) electrons. The first-order valence-corrected chi connectivity index (χ1v) is 9.94. The van der Waals surface area contributed by atoms with E-state index < -0.39 is 5.82 Å². The quantitative estimate of drug-likeness (QED) is 0.832. The van der Waals surface area contributed by atoms with Gasteiger partial charge in [0.2, 0.25) is 0 Å². The highest BCUT2D eigenvalue weighted by atomic mass is 35.5. The molecule has 1 N–H and O–H groups in total. The molecule has 27 heavy (non-hydrogen) atoms. The van der Waals surface area contributed by atoms with E-state index in [0.29, 0.717) is 10.6 Å². The zero-order chi connectivity index (χ0) is 18.9. The first-order chi connectivity index (χ1) is 13.1. The molecule has 1 unspecified atom stereocenters. The molecule has 2 aromatic rings. The maximum atomic E-state index is 14.1. The van der Waals surface area contributed by atoms with Crippen molar-refractivity contribution >= 4 is 11.6 Å². The average Bonchev–Trinajstić information content (AvgIpc) is 3.05. The summed E-state index contributed by atoms with van der Waals surface area (Å²) in [6.07, 6.45) is 4.91. The maximum Gasteiger partial charge on any atom is 0.141 e. The zero-order valence-electron chi connectivity index (χ0n) is 15.3. The number of nitriles is 1. The second-order valence-electron chi connectivity index (χ2n) is 7.61. The average molecular weight is 384 g/mol. The van der Waals surface area contributed by atoms with Crippen molar-refractivity contribution < 1.29 is 4.39 Å². The zero-order valence-corrected chi connectivity index (χ0v) is 16.0. The third-order valence-corrected chi connectivity index (χ3v) is 6.48. The Balaban J connectivity index is 1.63. The van der Waals surface area contributed by atoms with Crippen LogP contribution in [0, 0.1) is 17.1 Å². The molecular formula is C22H23ClFN3. The van der Waals surface area contributed by atoms with Crippen LogP contribution in [0.1, 0.15) is 36.8 Å². The van der Waals surface area contributed by atoms with Gasteiger partial charge in [0, 0.05) is 24.2 Å². The smallest absolute Gasteiger partial charge is 0.141 e. The number of benzene rings is 2. The van der Waals surface area contributed by atoms with Gasteiger partial charge in [-0.3, -0.25) is 4.90 Å².